The summed E-state index contributed by atoms with van der Waals surface area (Å²) in [6.45, 7) is 3.74. The van der Waals surface area contributed by atoms with E-state index in [4.69, 9.17) is 0 Å². The van der Waals surface area contributed by atoms with E-state index in [9.17, 15) is 5.11 Å². The fourth-order valence-electron chi connectivity index (χ4n) is 1.50. The number of aromatic hydroxyl groups is 1. The highest BCUT2D eigenvalue weighted by Gasteiger charge is 1.97. The zero-order chi connectivity index (χ0) is 10.7. The minimum Gasteiger partial charge on any atom is -0.508 e. The summed E-state index contributed by atoms with van der Waals surface area (Å²) in [5.41, 5.74) is 3.32. The summed E-state index contributed by atoms with van der Waals surface area (Å²) >= 11 is 0. The molecule has 0 atom stereocenters. The van der Waals surface area contributed by atoms with E-state index in [1.165, 1.54) is 0 Å². The third kappa shape index (κ3) is 2.08. The van der Waals surface area contributed by atoms with Gasteiger partial charge in [-0.15, -0.1) is 0 Å². The highest BCUT2D eigenvalue weighted by Crippen LogP contribution is 2.22. The van der Waals surface area contributed by atoms with E-state index >= 15 is 0 Å². The Bertz CT molecular complexity index is 469. The lowest BCUT2D eigenvalue weighted by Gasteiger charge is -2.02. The van der Waals surface area contributed by atoms with Gasteiger partial charge in [0.1, 0.15) is 5.75 Å². The van der Waals surface area contributed by atoms with Crippen LogP contribution in [0, 0.1) is 0 Å². The van der Waals surface area contributed by atoms with E-state index < -0.39 is 0 Å². The maximum Gasteiger partial charge on any atom is 0.115 e. The van der Waals surface area contributed by atoms with Crippen LogP contribution in [0.3, 0.4) is 0 Å². The summed E-state index contributed by atoms with van der Waals surface area (Å²) in [4.78, 5) is 0. The average molecular weight is 196 g/mol. The molecule has 0 bridgehead atoms. The second-order valence-corrected chi connectivity index (χ2v) is 3.38. The summed E-state index contributed by atoms with van der Waals surface area (Å²) in [5.74, 6) is 0.290. The van der Waals surface area contributed by atoms with Gasteiger partial charge in [-0.1, -0.05) is 43.0 Å². The minimum absolute atomic E-state index is 0.290. The van der Waals surface area contributed by atoms with Gasteiger partial charge in [-0.25, -0.2) is 0 Å². The number of phenols is 1. The summed E-state index contributed by atoms with van der Waals surface area (Å²) < 4.78 is 0. The van der Waals surface area contributed by atoms with Crippen molar-refractivity contribution in [3.63, 3.8) is 0 Å². The second kappa shape index (κ2) is 4.01. The van der Waals surface area contributed by atoms with Gasteiger partial charge >= 0.3 is 0 Å². The molecule has 0 fully saturated rings. The number of hydrogen-bond donors (Lipinski definition) is 1. The van der Waals surface area contributed by atoms with Crippen molar-refractivity contribution in [3.05, 3.63) is 60.7 Å². The van der Waals surface area contributed by atoms with E-state index in [1.54, 1.807) is 12.1 Å². The first-order valence-electron chi connectivity index (χ1n) is 4.81. The first-order valence-corrected chi connectivity index (χ1v) is 4.81. The summed E-state index contributed by atoms with van der Waals surface area (Å²) in [5, 5.41) is 9.19. The molecule has 1 N–H and O–H groups in total. The predicted octanol–water partition coefficient (Wildman–Crippen LogP) is 3.70. The molecule has 74 valence electrons. The molecule has 0 aliphatic carbocycles. The molecule has 0 radical (unpaired) electrons. The average Bonchev–Trinajstić information content (AvgIpc) is 2.30. The van der Waals surface area contributed by atoms with Gasteiger partial charge in [0.15, 0.2) is 0 Å². The Morgan fingerprint density at radius 1 is 0.933 bits per heavy atom. The first kappa shape index (κ1) is 9.53. The van der Waals surface area contributed by atoms with Crippen LogP contribution in [0.25, 0.3) is 17.2 Å². The van der Waals surface area contributed by atoms with E-state index in [0.29, 0.717) is 5.75 Å². The van der Waals surface area contributed by atoms with E-state index in [0.717, 1.165) is 16.7 Å². The van der Waals surface area contributed by atoms with Crippen LogP contribution in [-0.2, 0) is 0 Å². The third-order valence-corrected chi connectivity index (χ3v) is 2.32. The Morgan fingerprint density at radius 3 is 2.33 bits per heavy atom. The molecule has 0 aliphatic rings. The molecular formula is C14H12O. The van der Waals surface area contributed by atoms with Crippen molar-refractivity contribution in [2.24, 2.45) is 0 Å². The van der Waals surface area contributed by atoms with Gasteiger partial charge < -0.3 is 5.11 Å². The molecular weight excluding hydrogens is 184 g/mol. The monoisotopic (exact) mass is 196 g/mol. The number of benzene rings is 2. The van der Waals surface area contributed by atoms with Gasteiger partial charge in [-0.05, 0) is 34.9 Å². The van der Waals surface area contributed by atoms with Gasteiger partial charge in [-0.2, -0.15) is 0 Å². The number of phenolic OH excluding ortho intramolecular Hbond substituents is 1. The Morgan fingerprint density at radius 2 is 1.67 bits per heavy atom. The van der Waals surface area contributed by atoms with Gasteiger partial charge in [0, 0.05) is 0 Å². The summed E-state index contributed by atoms with van der Waals surface area (Å²) in [7, 11) is 0. The Hall–Kier alpha value is -2.02. The van der Waals surface area contributed by atoms with Gasteiger partial charge in [0.25, 0.3) is 0 Å². The van der Waals surface area contributed by atoms with Crippen molar-refractivity contribution in [3.8, 4) is 16.9 Å². The molecule has 0 spiro atoms. The van der Waals surface area contributed by atoms with Crippen LogP contribution in [-0.4, -0.2) is 5.11 Å². The topological polar surface area (TPSA) is 20.2 Å². The second-order valence-electron chi connectivity index (χ2n) is 3.38. The Labute approximate surface area is 89.3 Å². The van der Waals surface area contributed by atoms with Crippen molar-refractivity contribution >= 4 is 6.08 Å². The Balaban J connectivity index is 2.44. The summed E-state index contributed by atoms with van der Waals surface area (Å²) in [6, 6.07) is 15.3. The summed E-state index contributed by atoms with van der Waals surface area (Å²) in [6.07, 6.45) is 1.82. The van der Waals surface area contributed by atoms with Crippen molar-refractivity contribution in [2.45, 2.75) is 0 Å². The van der Waals surface area contributed by atoms with E-state index in [1.807, 2.05) is 36.4 Å². The lowest BCUT2D eigenvalue weighted by Crippen LogP contribution is -1.78. The van der Waals surface area contributed by atoms with Gasteiger partial charge in [-0.3, -0.25) is 0 Å². The van der Waals surface area contributed by atoms with Crippen molar-refractivity contribution in [1.82, 2.24) is 0 Å². The molecule has 2 rings (SSSR count). The largest absolute Gasteiger partial charge is 0.508 e. The molecule has 2 aromatic carbocycles. The molecule has 0 saturated carbocycles. The maximum atomic E-state index is 9.19. The van der Waals surface area contributed by atoms with Crippen molar-refractivity contribution in [2.75, 3.05) is 0 Å². The molecule has 0 saturated heterocycles. The zero-order valence-corrected chi connectivity index (χ0v) is 8.35. The molecule has 1 nitrogen and oxygen atoms in total. The molecule has 0 aliphatic heterocycles. The molecule has 15 heavy (non-hydrogen) atoms. The molecule has 0 aromatic heterocycles. The lowest BCUT2D eigenvalue weighted by molar-refractivity contribution is 0.475. The fraction of sp³-hybridized carbons (Fsp3) is 0. The first-order chi connectivity index (χ1) is 7.29. The van der Waals surface area contributed by atoms with E-state index in [-0.39, 0.29) is 0 Å². The van der Waals surface area contributed by atoms with Gasteiger partial charge in [0.2, 0.25) is 0 Å². The van der Waals surface area contributed by atoms with Crippen LogP contribution < -0.4 is 0 Å². The van der Waals surface area contributed by atoms with Crippen LogP contribution in [0.2, 0.25) is 0 Å². The molecule has 1 heteroatoms. The smallest absolute Gasteiger partial charge is 0.115 e. The standard InChI is InChI=1S/C14H12O/c1-2-11-4-3-5-13(10-11)12-6-8-14(15)9-7-12/h2-10,15H,1H2. The predicted molar refractivity (Wildman–Crippen MR) is 63.6 cm³/mol. The molecule has 0 amide bonds. The van der Waals surface area contributed by atoms with Crippen LogP contribution in [0.1, 0.15) is 5.56 Å². The lowest BCUT2D eigenvalue weighted by atomic mass is 10.0. The molecule has 2 aromatic rings. The van der Waals surface area contributed by atoms with Gasteiger partial charge in [0.05, 0.1) is 0 Å². The highest BCUT2D eigenvalue weighted by atomic mass is 16.3. The molecule has 0 unspecified atom stereocenters. The molecule has 0 heterocycles. The number of rotatable bonds is 2. The minimum atomic E-state index is 0.290. The fourth-order valence-corrected chi connectivity index (χ4v) is 1.50. The normalized spacial score (nSPS) is 9.87. The van der Waals surface area contributed by atoms with Crippen LogP contribution >= 0.6 is 0 Å². The third-order valence-electron chi connectivity index (χ3n) is 2.32. The van der Waals surface area contributed by atoms with E-state index in [2.05, 4.69) is 12.6 Å². The zero-order valence-electron chi connectivity index (χ0n) is 8.35. The van der Waals surface area contributed by atoms with Crippen molar-refractivity contribution < 1.29 is 5.11 Å². The maximum absolute atomic E-state index is 9.19. The quantitative estimate of drug-likeness (QED) is 0.776. The highest BCUT2D eigenvalue weighted by molar-refractivity contribution is 5.67. The van der Waals surface area contributed by atoms with Crippen LogP contribution in [0.5, 0.6) is 5.75 Å². The number of hydrogen-bond acceptors (Lipinski definition) is 1. The SMILES string of the molecule is C=Cc1cccc(-c2ccc(O)cc2)c1. The Kier molecular flexibility index (Phi) is 2.55. The van der Waals surface area contributed by atoms with Crippen LogP contribution in [0.4, 0.5) is 0 Å². The van der Waals surface area contributed by atoms with Crippen LogP contribution in [0.15, 0.2) is 55.1 Å². The van der Waals surface area contributed by atoms with Crippen molar-refractivity contribution in [1.29, 1.82) is 0 Å².